The van der Waals surface area contributed by atoms with Gasteiger partial charge in [-0.3, -0.25) is 0 Å². The van der Waals surface area contributed by atoms with E-state index in [1.165, 1.54) is 24.1 Å². The van der Waals surface area contributed by atoms with Crippen LogP contribution in [0.3, 0.4) is 0 Å². The molecule has 2 aromatic carbocycles. The second-order valence-corrected chi connectivity index (χ2v) is 11.1. The Labute approximate surface area is 187 Å². The Morgan fingerprint density at radius 1 is 0.931 bits per heavy atom. The molecule has 0 N–H and O–H groups in total. The van der Waals surface area contributed by atoms with Gasteiger partial charge < -0.3 is 0 Å². The van der Waals surface area contributed by atoms with E-state index in [9.17, 15) is 0 Å². The van der Waals surface area contributed by atoms with Gasteiger partial charge in [0, 0.05) is 0 Å². The molecule has 0 unspecified atom stereocenters. The first kappa shape index (κ1) is 20.3. The van der Waals surface area contributed by atoms with E-state index in [0.717, 1.165) is 27.2 Å². The van der Waals surface area contributed by atoms with Crippen molar-refractivity contribution in [2.24, 2.45) is 0 Å². The molecule has 0 aliphatic carbocycles. The minimum absolute atomic E-state index is 0.180. The number of fused-ring (bicyclic) bond motifs is 1. The Hall–Kier alpha value is -2.00. The van der Waals surface area contributed by atoms with Gasteiger partial charge in [-0.1, -0.05) is 0 Å². The van der Waals surface area contributed by atoms with Gasteiger partial charge in [0.25, 0.3) is 0 Å². The number of pyridine rings is 2. The Balaban J connectivity index is 1.68. The summed E-state index contributed by atoms with van der Waals surface area (Å²) in [5.74, 6) is 0. The van der Waals surface area contributed by atoms with Crippen LogP contribution < -0.4 is 8.70 Å². The third-order valence-electron chi connectivity index (χ3n) is 4.56. The van der Waals surface area contributed by atoms with E-state index in [0.29, 0.717) is 0 Å². The van der Waals surface area contributed by atoms with Gasteiger partial charge in [0.1, 0.15) is 0 Å². The zero-order valence-corrected chi connectivity index (χ0v) is 20.0. The summed E-state index contributed by atoms with van der Waals surface area (Å²) in [5.41, 5.74) is 4.25. The molecule has 0 aliphatic rings. The number of hydrogen-bond donors (Lipinski definition) is 0. The molecule has 0 saturated heterocycles. The first-order valence-corrected chi connectivity index (χ1v) is 12.4. The Bertz CT molecular complexity index is 1200. The molecule has 0 aliphatic heterocycles. The van der Waals surface area contributed by atoms with Crippen LogP contribution in [0.25, 0.3) is 11.0 Å². The molecule has 0 bridgehead atoms. The zero-order valence-electron chi connectivity index (χ0n) is 16.5. The van der Waals surface area contributed by atoms with E-state index in [1.807, 2.05) is 31.8 Å². The van der Waals surface area contributed by atoms with Gasteiger partial charge in [-0.25, -0.2) is 0 Å². The van der Waals surface area contributed by atoms with Crippen molar-refractivity contribution >= 4 is 64.3 Å². The number of aromatic nitrogens is 2. The first-order chi connectivity index (χ1) is 14.0. The van der Waals surface area contributed by atoms with Crippen LogP contribution in [0, 0.1) is 13.8 Å². The van der Waals surface area contributed by atoms with Crippen molar-refractivity contribution in [3.8, 4) is 0 Å². The van der Waals surface area contributed by atoms with Crippen LogP contribution in [0.4, 0.5) is 0 Å². The van der Waals surface area contributed by atoms with Crippen LogP contribution in [-0.4, -0.2) is 30.6 Å². The molecule has 2 heterocycles. The minimum atomic E-state index is -0.180. The predicted octanol–water partition coefficient (Wildman–Crippen LogP) is 4.79. The van der Waals surface area contributed by atoms with Crippen molar-refractivity contribution in [2.75, 3.05) is 0 Å². The standard InChI is InChI=1S/C24H20AsN2S2/c1-15-4-11-23(29-19-8-6-18(7-9-19)17(3)28)22(14-15)25-21-12-13-26-24-20(21)10-5-16(2)27-24/h4-14H,1-3H3. The maximum absolute atomic E-state index is 5.28. The predicted molar refractivity (Wildman–Crippen MR) is 128 cm³/mol. The van der Waals surface area contributed by atoms with Gasteiger partial charge in [-0.05, 0) is 0 Å². The van der Waals surface area contributed by atoms with Crippen molar-refractivity contribution in [1.29, 1.82) is 0 Å². The van der Waals surface area contributed by atoms with E-state index in [4.69, 9.17) is 12.2 Å². The number of nitrogens with zero attached hydrogens (tertiary/aromatic N) is 2. The summed E-state index contributed by atoms with van der Waals surface area (Å²) in [7, 11) is 0. The fourth-order valence-corrected chi connectivity index (χ4v) is 6.92. The van der Waals surface area contributed by atoms with Crippen molar-refractivity contribution in [2.45, 2.75) is 30.6 Å². The Kier molecular flexibility index (Phi) is 6.14. The summed E-state index contributed by atoms with van der Waals surface area (Å²) in [5, 5.41) is 1.16. The monoisotopic (exact) mass is 475 g/mol. The van der Waals surface area contributed by atoms with Crippen LogP contribution in [0.15, 0.2) is 76.7 Å². The summed E-state index contributed by atoms with van der Waals surface area (Å²) >= 11 is 6.92. The second kappa shape index (κ2) is 8.79. The number of thiocarbonyl (C=S) groups is 1. The van der Waals surface area contributed by atoms with Gasteiger partial charge in [-0.2, -0.15) is 0 Å². The van der Waals surface area contributed by atoms with Crippen LogP contribution in [-0.2, 0) is 0 Å². The van der Waals surface area contributed by atoms with E-state index in [2.05, 4.69) is 77.6 Å². The molecule has 4 rings (SSSR count). The summed E-state index contributed by atoms with van der Waals surface area (Å²) in [4.78, 5) is 12.5. The molecule has 29 heavy (non-hydrogen) atoms. The summed E-state index contributed by atoms with van der Waals surface area (Å²) in [6.07, 6.45) is 1.88. The second-order valence-electron chi connectivity index (χ2n) is 6.92. The number of hydrogen-bond acceptors (Lipinski definition) is 4. The van der Waals surface area contributed by atoms with E-state index in [-0.39, 0.29) is 15.8 Å². The molecule has 5 heteroatoms. The zero-order chi connectivity index (χ0) is 20.4. The van der Waals surface area contributed by atoms with Crippen LogP contribution in [0.5, 0.6) is 0 Å². The Morgan fingerprint density at radius 3 is 2.48 bits per heavy atom. The van der Waals surface area contributed by atoms with E-state index >= 15 is 0 Å². The fraction of sp³-hybridized carbons (Fsp3) is 0.125. The number of rotatable bonds is 5. The molecule has 2 nitrogen and oxygen atoms in total. The van der Waals surface area contributed by atoms with Crippen LogP contribution in [0.2, 0.25) is 0 Å². The van der Waals surface area contributed by atoms with E-state index in [1.54, 1.807) is 0 Å². The molecule has 0 atom stereocenters. The summed E-state index contributed by atoms with van der Waals surface area (Å²) < 4.78 is 2.76. The SMILES string of the molecule is CC(=S)c1ccc(Sc2ccc(C)cc2[As]c2ccnc3nc(C)ccc23)cc1. The fourth-order valence-electron chi connectivity index (χ4n) is 3.02. The molecule has 0 spiro atoms. The normalized spacial score (nSPS) is 11.4. The number of benzene rings is 2. The number of aryl methyl sites for hydroxylation is 2. The summed E-state index contributed by atoms with van der Waals surface area (Å²) in [6, 6.07) is 21.7. The van der Waals surface area contributed by atoms with Gasteiger partial charge in [0.2, 0.25) is 0 Å². The Morgan fingerprint density at radius 2 is 1.72 bits per heavy atom. The van der Waals surface area contributed by atoms with Crippen molar-refractivity contribution in [3.63, 3.8) is 0 Å². The van der Waals surface area contributed by atoms with Gasteiger partial charge in [0.05, 0.1) is 0 Å². The molecule has 0 saturated carbocycles. The van der Waals surface area contributed by atoms with Crippen molar-refractivity contribution in [1.82, 2.24) is 9.97 Å². The average molecular weight is 475 g/mol. The molecular weight excluding hydrogens is 455 g/mol. The first-order valence-electron chi connectivity index (χ1n) is 9.33. The average Bonchev–Trinajstić information content (AvgIpc) is 2.70. The molecule has 143 valence electrons. The quantitative estimate of drug-likeness (QED) is 0.236. The molecular formula is C24H20AsN2S2. The molecule has 0 fully saturated rings. The molecule has 0 amide bonds. The van der Waals surface area contributed by atoms with Gasteiger partial charge >= 0.3 is 189 Å². The van der Waals surface area contributed by atoms with Gasteiger partial charge in [-0.15, -0.1) is 0 Å². The molecule has 4 aromatic rings. The maximum atomic E-state index is 5.28. The van der Waals surface area contributed by atoms with Crippen molar-refractivity contribution < 1.29 is 0 Å². The third-order valence-corrected chi connectivity index (χ3v) is 8.82. The summed E-state index contributed by atoms with van der Waals surface area (Å²) in [6.45, 7) is 6.13. The molecule has 1 radical (unpaired) electrons. The van der Waals surface area contributed by atoms with Crippen LogP contribution >= 0.6 is 24.0 Å². The van der Waals surface area contributed by atoms with Crippen molar-refractivity contribution in [3.05, 3.63) is 83.7 Å². The van der Waals surface area contributed by atoms with Crippen LogP contribution in [0.1, 0.15) is 23.7 Å². The van der Waals surface area contributed by atoms with E-state index < -0.39 is 0 Å². The van der Waals surface area contributed by atoms with Gasteiger partial charge in [0.15, 0.2) is 0 Å². The topological polar surface area (TPSA) is 25.8 Å². The third kappa shape index (κ3) is 4.77. The molecule has 2 aromatic heterocycles.